The minimum atomic E-state index is -0.260. The summed E-state index contributed by atoms with van der Waals surface area (Å²) in [5.41, 5.74) is 1.85. The molecule has 3 aliphatic heterocycles. The number of anilines is 1. The predicted octanol–water partition coefficient (Wildman–Crippen LogP) is 4.84. The molecule has 5 nitrogen and oxygen atoms in total. The van der Waals surface area contributed by atoms with Crippen molar-refractivity contribution in [1.29, 1.82) is 0 Å². The molecule has 172 valence electrons. The number of benzene rings is 2. The van der Waals surface area contributed by atoms with E-state index in [4.69, 9.17) is 4.74 Å². The standard InChI is InChI=1S/C27H23NO4S2/c1-32-15-9-7-13(8-10-15)20-21-16-11-17(24(21)33-18-12-19(29)34-25(18)20)23-22(16)26(30)28(27(23)31)14-5-3-2-4-6-14/h2-10,16-17,20-24H,11-12H2,1H3/t16-,17-,20-,21-,22+,23-,24-/m1/s1. The molecule has 0 spiro atoms. The third-order valence-corrected chi connectivity index (χ3v) is 11.2. The number of ether oxygens (including phenoxy) is 1. The molecule has 3 fully saturated rings. The quantitative estimate of drug-likeness (QED) is 0.575. The lowest BCUT2D eigenvalue weighted by molar-refractivity contribution is -0.123. The zero-order valence-corrected chi connectivity index (χ0v) is 20.2. The summed E-state index contributed by atoms with van der Waals surface area (Å²) >= 11 is 3.22. The van der Waals surface area contributed by atoms with Crippen LogP contribution in [0.5, 0.6) is 5.75 Å². The lowest BCUT2D eigenvalue weighted by Gasteiger charge is -2.44. The van der Waals surface area contributed by atoms with E-state index in [0.717, 1.165) is 12.2 Å². The van der Waals surface area contributed by atoms with Crippen molar-refractivity contribution in [3.63, 3.8) is 0 Å². The molecule has 0 N–H and O–H groups in total. The molecule has 1 saturated heterocycles. The summed E-state index contributed by atoms with van der Waals surface area (Å²) < 4.78 is 5.37. The smallest absolute Gasteiger partial charge is 0.238 e. The van der Waals surface area contributed by atoms with Gasteiger partial charge in [-0.25, -0.2) is 0 Å². The Labute approximate surface area is 206 Å². The van der Waals surface area contributed by atoms with E-state index in [2.05, 4.69) is 12.1 Å². The Morgan fingerprint density at radius 3 is 2.32 bits per heavy atom. The summed E-state index contributed by atoms with van der Waals surface area (Å²) in [6.07, 6.45) is 1.40. The number of methoxy groups -OCH3 is 1. The molecule has 2 aliphatic carbocycles. The fourth-order valence-corrected chi connectivity index (χ4v) is 10.4. The zero-order valence-electron chi connectivity index (χ0n) is 18.5. The third kappa shape index (κ3) is 2.74. The first-order chi connectivity index (χ1) is 16.6. The fraction of sp³-hybridized carbons (Fsp3) is 0.370. The van der Waals surface area contributed by atoms with Crippen molar-refractivity contribution >= 4 is 46.1 Å². The van der Waals surface area contributed by atoms with Crippen LogP contribution in [-0.2, 0) is 14.4 Å². The van der Waals surface area contributed by atoms with E-state index in [1.165, 1.54) is 32.0 Å². The average molecular weight is 490 g/mol. The summed E-state index contributed by atoms with van der Waals surface area (Å²) in [5.74, 6) is 0.881. The summed E-state index contributed by atoms with van der Waals surface area (Å²) in [6.45, 7) is 0. The number of para-hydroxylation sites is 1. The van der Waals surface area contributed by atoms with E-state index in [9.17, 15) is 14.4 Å². The van der Waals surface area contributed by atoms with E-state index < -0.39 is 0 Å². The number of thioether (sulfide) groups is 2. The second-order valence-corrected chi connectivity index (χ2v) is 12.2. The van der Waals surface area contributed by atoms with Crippen LogP contribution in [0.25, 0.3) is 0 Å². The largest absolute Gasteiger partial charge is 0.497 e. The first-order valence-corrected chi connectivity index (χ1v) is 13.4. The molecule has 2 aromatic rings. The molecule has 2 saturated carbocycles. The van der Waals surface area contributed by atoms with Crippen molar-refractivity contribution in [2.24, 2.45) is 29.6 Å². The van der Waals surface area contributed by atoms with Crippen molar-refractivity contribution in [3.8, 4) is 5.75 Å². The lowest BCUT2D eigenvalue weighted by Crippen LogP contribution is -2.42. The second kappa shape index (κ2) is 7.49. The van der Waals surface area contributed by atoms with E-state index in [1.54, 1.807) is 7.11 Å². The van der Waals surface area contributed by atoms with Gasteiger partial charge in [-0.1, -0.05) is 42.1 Å². The van der Waals surface area contributed by atoms with Gasteiger partial charge in [0.05, 0.1) is 24.6 Å². The van der Waals surface area contributed by atoms with Gasteiger partial charge in [0, 0.05) is 27.4 Å². The highest BCUT2D eigenvalue weighted by molar-refractivity contribution is 8.18. The minimum absolute atomic E-state index is 0.0367. The van der Waals surface area contributed by atoms with Crippen molar-refractivity contribution < 1.29 is 19.1 Å². The average Bonchev–Trinajstić information content (AvgIpc) is 3.58. The van der Waals surface area contributed by atoms with Crippen LogP contribution in [0.4, 0.5) is 5.69 Å². The summed E-state index contributed by atoms with van der Waals surface area (Å²) in [5, 5.41) is 0.460. The molecule has 0 aromatic heterocycles. The molecule has 2 bridgehead atoms. The lowest BCUT2D eigenvalue weighted by atomic mass is 9.68. The fourth-order valence-electron chi connectivity index (χ4n) is 7.21. The summed E-state index contributed by atoms with van der Waals surface area (Å²) in [6, 6.07) is 17.5. The van der Waals surface area contributed by atoms with Crippen LogP contribution >= 0.6 is 23.5 Å². The highest BCUT2D eigenvalue weighted by Crippen LogP contribution is 2.70. The van der Waals surface area contributed by atoms with Crippen molar-refractivity contribution in [2.45, 2.75) is 24.0 Å². The maximum atomic E-state index is 13.7. The Morgan fingerprint density at radius 2 is 1.62 bits per heavy atom. The van der Waals surface area contributed by atoms with Gasteiger partial charge in [-0.05, 0) is 54.0 Å². The molecule has 3 heterocycles. The van der Waals surface area contributed by atoms with E-state index in [1.807, 2.05) is 54.2 Å². The summed E-state index contributed by atoms with van der Waals surface area (Å²) in [4.78, 5) is 43.5. The van der Waals surface area contributed by atoms with Gasteiger partial charge in [0.25, 0.3) is 0 Å². The number of fused-ring (bicyclic) bond motifs is 8. The monoisotopic (exact) mass is 489 g/mol. The number of allylic oxidation sites excluding steroid dienone is 2. The molecule has 34 heavy (non-hydrogen) atoms. The number of hydrogen-bond acceptors (Lipinski definition) is 6. The van der Waals surface area contributed by atoms with Crippen LogP contribution in [0.15, 0.2) is 64.4 Å². The molecule has 0 unspecified atom stereocenters. The maximum absolute atomic E-state index is 13.7. The zero-order chi connectivity index (χ0) is 23.1. The van der Waals surface area contributed by atoms with E-state index >= 15 is 0 Å². The van der Waals surface area contributed by atoms with Gasteiger partial charge in [-0.3, -0.25) is 19.3 Å². The Kier molecular flexibility index (Phi) is 4.59. The third-order valence-electron chi connectivity index (χ3n) is 8.40. The Balaban J connectivity index is 1.30. The summed E-state index contributed by atoms with van der Waals surface area (Å²) in [7, 11) is 1.66. The number of nitrogens with zero attached hydrogens (tertiary/aromatic N) is 1. The van der Waals surface area contributed by atoms with Gasteiger partial charge >= 0.3 is 0 Å². The van der Waals surface area contributed by atoms with Gasteiger partial charge in [0.15, 0.2) is 5.12 Å². The molecule has 0 radical (unpaired) electrons. The van der Waals surface area contributed by atoms with Crippen molar-refractivity contribution in [3.05, 3.63) is 70.0 Å². The van der Waals surface area contributed by atoms with E-state index in [-0.39, 0.29) is 57.7 Å². The Morgan fingerprint density at radius 1 is 0.912 bits per heavy atom. The van der Waals surface area contributed by atoms with Gasteiger partial charge in [0.2, 0.25) is 11.8 Å². The molecule has 2 aromatic carbocycles. The number of carbonyl (C=O) groups excluding carboxylic acids is 3. The minimum Gasteiger partial charge on any atom is -0.497 e. The Hall–Kier alpha value is -2.51. The van der Waals surface area contributed by atoms with Crippen molar-refractivity contribution in [1.82, 2.24) is 0 Å². The molecule has 5 aliphatic rings. The molecule has 7 atom stereocenters. The number of rotatable bonds is 3. The second-order valence-electron chi connectivity index (χ2n) is 9.81. The number of imide groups is 1. The van der Waals surface area contributed by atoms with Crippen LogP contribution < -0.4 is 9.64 Å². The molecular formula is C27H23NO4S2. The topological polar surface area (TPSA) is 63.7 Å². The number of hydrogen-bond donors (Lipinski definition) is 0. The number of amides is 2. The van der Waals surface area contributed by atoms with Crippen LogP contribution in [0.1, 0.15) is 24.3 Å². The molecule has 7 heteroatoms. The molecule has 2 amide bonds. The first kappa shape index (κ1) is 20.8. The highest BCUT2D eigenvalue weighted by atomic mass is 32.2. The Bertz CT molecular complexity index is 1260. The van der Waals surface area contributed by atoms with Crippen LogP contribution in [0.3, 0.4) is 0 Å². The van der Waals surface area contributed by atoms with Gasteiger partial charge < -0.3 is 4.74 Å². The van der Waals surface area contributed by atoms with E-state index in [0.29, 0.717) is 12.1 Å². The molecular weight excluding hydrogens is 466 g/mol. The predicted molar refractivity (Wildman–Crippen MR) is 132 cm³/mol. The van der Waals surface area contributed by atoms with Crippen molar-refractivity contribution in [2.75, 3.05) is 12.0 Å². The van der Waals surface area contributed by atoms with Gasteiger partial charge in [0.1, 0.15) is 5.75 Å². The van der Waals surface area contributed by atoms with Crippen LogP contribution in [0.2, 0.25) is 0 Å². The normalized spacial score (nSPS) is 35.6. The number of carbonyl (C=O) groups is 3. The van der Waals surface area contributed by atoms with Crippen LogP contribution in [0, 0.1) is 29.6 Å². The molecule has 7 rings (SSSR count). The first-order valence-electron chi connectivity index (χ1n) is 11.7. The SMILES string of the molecule is COc1ccc([C@H]2C3=C(CC(=O)S3)S[C@@H]3[C@@H]4C[C@@H]([C@@H]5C(=O)N(c6ccccc6)C(=O)[C@H]45)[C@@H]32)cc1. The van der Waals surface area contributed by atoms with Gasteiger partial charge in [-0.2, -0.15) is 0 Å². The van der Waals surface area contributed by atoms with Gasteiger partial charge in [-0.15, -0.1) is 11.8 Å². The highest BCUT2D eigenvalue weighted by Gasteiger charge is 2.69. The van der Waals surface area contributed by atoms with Crippen LogP contribution in [-0.4, -0.2) is 29.3 Å². The maximum Gasteiger partial charge on any atom is 0.238 e.